The maximum absolute atomic E-state index is 10.7. The van der Waals surface area contributed by atoms with Crippen molar-refractivity contribution in [3.8, 4) is 5.75 Å². The Morgan fingerprint density at radius 2 is 2.19 bits per heavy atom. The number of aryl methyl sites for hydroxylation is 1. The molecule has 0 bridgehead atoms. The number of carbonyl (C=O) groups is 1. The maximum Gasteiger partial charge on any atom is 0.306 e. The maximum atomic E-state index is 10.7. The van der Waals surface area contributed by atoms with Crippen LogP contribution in [0.25, 0.3) is 0 Å². The smallest absolute Gasteiger partial charge is 0.306 e. The van der Waals surface area contributed by atoms with Crippen LogP contribution in [-0.4, -0.2) is 21.3 Å². The van der Waals surface area contributed by atoms with Crippen LogP contribution < -0.4 is 0 Å². The summed E-state index contributed by atoms with van der Waals surface area (Å²) in [6.45, 7) is 0. The van der Waals surface area contributed by atoms with Gasteiger partial charge in [0.1, 0.15) is 11.4 Å². The molecule has 4 nitrogen and oxygen atoms in total. The van der Waals surface area contributed by atoms with E-state index in [0.717, 1.165) is 18.4 Å². The Hall–Kier alpha value is -1.55. The third-order valence-electron chi connectivity index (χ3n) is 3.07. The van der Waals surface area contributed by atoms with E-state index in [1.807, 2.05) is 0 Å². The molecule has 1 aromatic rings. The number of aromatic hydroxyl groups is 1. The molecule has 1 unspecified atom stereocenters. The minimum absolute atomic E-state index is 0.0597. The van der Waals surface area contributed by atoms with Gasteiger partial charge in [0.25, 0.3) is 0 Å². The molecule has 3 N–H and O–H groups in total. The molecule has 1 aliphatic carbocycles. The molecule has 0 radical (unpaired) electrons. The van der Waals surface area contributed by atoms with Gasteiger partial charge in [0.15, 0.2) is 0 Å². The Kier molecular flexibility index (Phi) is 2.59. The van der Waals surface area contributed by atoms with E-state index in [0.29, 0.717) is 12.0 Å². The highest BCUT2D eigenvalue weighted by molar-refractivity contribution is 5.69. The van der Waals surface area contributed by atoms with Crippen molar-refractivity contribution in [2.75, 3.05) is 0 Å². The summed E-state index contributed by atoms with van der Waals surface area (Å²) in [5, 5.41) is 28.5. The third kappa shape index (κ3) is 1.88. The summed E-state index contributed by atoms with van der Waals surface area (Å²) in [5.41, 5.74) is 0.145. The number of benzene rings is 1. The largest absolute Gasteiger partial charge is 0.508 e. The Labute approximate surface area is 93.2 Å². The van der Waals surface area contributed by atoms with E-state index in [-0.39, 0.29) is 12.2 Å². The predicted octanol–water partition coefficient (Wildman–Crippen LogP) is 1.39. The van der Waals surface area contributed by atoms with Crippen LogP contribution >= 0.6 is 0 Å². The Morgan fingerprint density at radius 1 is 1.44 bits per heavy atom. The average molecular weight is 222 g/mol. The molecular weight excluding hydrogens is 208 g/mol. The van der Waals surface area contributed by atoms with Gasteiger partial charge in [-0.1, -0.05) is 6.07 Å². The Morgan fingerprint density at radius 3 is 2.88 bits per heavy atom. The molecule has 0 spiro atoms. The minimum atomic E-state index is -1.34. The molecule has 0 heterocycles. The second kappa shape index (κ2) is 3.79. The summed E-state index contributed by atoms with van der Waals surface area (Å²) in [7, 11) is 0. The predicted molar refractivity (Wildman–Crippen MR) is 57.2 cm³/mol. The average Bonchev–Trinajstić information content (AvgIpc) is 2.18. The van der Waals surface area contributed by atoms with E-state index in [9.17, 15) is 15.0 Å². The first-order valence-electron chi connectivity index (χ1n) is 5.28. The molecule has 0 saturated carbocycles. The fraction of sp³-hybridized carbons (Fsp3) is 0.417. The van der Waals surface area contributed by atoms with Crippen molar-refractivity contribution in [1.29, 1.82) is 0 Å². The molecule has 86 valence electrons. The summed E-state index contributed by atoms with van der Waals surface area (Å²) in [6, 6.07) is 4.78. The number of phenolic OH excluding ortho intramolecular Hbond substituents is 1. The van der Waals surface area contributed by atoms with E-state index in [1.165, 1.54) is 6.07 Å². The summed E-state index contributed by atoms with van der Waals surface area (Å²) in [5.74, 6) is -0.969. The van der Waals surface area contributed by atoms with Crippen LogP contribution in [0.2, 0.25) is 0 Å². The van der Waals surface area contributed by atoms with Gasteiger partial charge in [0, 0.05) is 0 Å². The van der Waals surface area contributed by atoms with Crippen molar-refractivity contribution in [3.63, 3.8) is 0 Å². The van der Waals surface area contributed by atoms with Crippen LogP contribution in [0.1, 0.15) is 30.4 Å². The summed E-state index contributed by atoms with van der Waals surface area (Å²) in [6.07, 6.45) is 1.69. The molecule has 2 rings (SSSR count). The highest BCUT2D eigenvalue weighted by Gasteiger charge is 2.36. The normalized spacial score (nSPS) is 23.8. The van der Waals surface area contributed by atoms with Gasteiger partial charge >= 0.3 is 5.97 Å². The number of rotatable bonds is 2. The van der Waals surface area contributed by atoms with Crippen LogP contribution in [0.4, 0.5) is 0 Å². The van der Waals surface area contributed by atoms with Gasteiger partial charge in [-0.05, 0) is 42.5 Å². The highest BCUT2D eigenvalue weighted by atomic mass is 16.4. The third-order valence-corrected chi connectivity index (χ3v) is 3.07. The van der Waals surface area contributed by atoms with E-state index < -0.39 is 11.6 Å². The highest BCUT2D eigenvalue weighted by Crippen LogP contribution is 2.39. The molecule has 0 saturated heterocycles. The molecule has 0 aromatic heterocycles. The lowest BCUT2D eigenvalue weighted by molar-refractivity contribution is -0.143. The number of hydrogen-bond acceptors (Lipinski definition) is 3. The van der Waals surface area contributed by atoms with E-state index in [2.05, 4.69) is 0 Å². The van der Waals surface area contributed by atoms with Gasteiger partial charge in [-0.25, -0.2) is 0 Å². The number of hydrogen-bond donors (Lipinski definition) is 3. The van der Waals surface area contributed by atoms with Crippen molar-refractivity contribution < 1.29 is 20.1 Å². The van der Waals surface area contributed by atoms with Crippen molar-refractivity contribution >= 4 is 5.97 Å². The van der Waals surface area contributed by atoms with E-state index in [1.54, 1.807) is 12.1 Å². The summed E-state index contributed by atoms with van der Waals surface area (Å²) in [4.78, 5) is 10.7. The van der Waals surface area contributed by atoms with Crippen molar-refractivity contribution in [2.24, 2.45) is 0 Å². The fourth-order valence-electron chi connectivity index (χ4n) is 2.36. The zero-order chi connectivity index (χ0) is 11.8. The van der Waals surface area contributed by atoms with Gasteiger partial charge < -0.3 is 15.3 Å². The lowest BCUT2D eigenvalue weighted by Gasteiger charge is -2.33. The summed E-state index contributed by atoms with van der Waals surface area (Å²) >= 11 is 0. The number of phenols is 1. The van der Waals surface area contributed by atoms with Crippen LogP contribution in [0.15, 0.2) is 18.2 Å². The number of carboxylic acids is 1. The zero-order valence-corrected chi connectivity index (χ0v) is 8.81. The monoisotopic (exact) mass is 222 g/mol. The molecular formula is C12H14O4. The van der Waals surface area contributed by atoms with Crippen molar-refractivity contribution in [1.82, 2.24) is 0 Å². The van der Waals surface area contributed by atoms with E-state index in [4.69, 9.17) is 5.11 Å². The van der Waals surface area contributed by atoms with Gasteiger partial charge in [-0.15, -0.1) is 0 Å². The standard InChI is InChI=1S/C12H14O4/c13-9-4-3-8-2-1-5-12(16,7-11(14)15)10(8)6-9/h3-4,6,13,16H,1-2,5,7H2,(H,14,15). The van der Waals surface area contributed by atoms with Gasteiger partial charge in [-0.2, -0.15) is 0 Å². The van der Waals surface area contributed by atoms with E-state index >= 15 is 0 Å². The lowest BCUT2D eigenvalue weighted by Crippen LogP contribution is -2.33. The number of aliphatic carboxylic acids is 1. The second-order valence-corrected chi connectivity index (χ2v) is 4.30. The zero-order valence-electron chi connectivity index (χ0n) is 8.81. The van der Waals surface area contributed by atoms with Crippen LogP contribution in [-0.2, 0) is 16.8 Å². The molecule has 16 heavy (non-hydrogen) atoms. The van der Waals surface area contributed by atoms with Crippen LogP contribution in [0.3, 0.4) is 0 Å². The Balaban J connectivity index is 2.45. The lowest BCUT2D eigenvalue weighted by atomic mass is 9.77. The number of carboxylic acid groups (broad SMARTS) is 1. The molecule has 0 fully saturated rings. The fourth-order valence-corrected chi connectivity index (χ4v) is 2.36. The molecule has 4 heteroatoms. The number of aliphatic hydroxyl groups is 1. The van der Waals surface area contributed by atoms with Gasteiger partial charge in [-0.3, -0.25) is 4.79 Å². The second-order valence-electron chi connectivity index (χ2n) is 4.30. The first kappa shape index (κ1) is 11.0. The number of fused-ring (bicyclic) bond motifs is 1. The molecule has 0 amide bonds. The molecule has 0 aliphatic heterocycles. The summed E-state index contributed by atoms with van der Waals surface area (Å²) < 4.78 is 0. The molecule has 1 atom stereocenters. The molecule has 1 aromatic carbocycles. The minimum Gasteiger partial charge on any atom is -0.508 e. The van der Waals surface area contributed by atoms with Crippen LogP contribution in [0.5, 0.6) is 5.75 Å². The SMILES string of the molecule is O=C(O)CC1(O)CCCc2ccc(O)cc21. The van der Waals surface area contributed by atoms with Crippen molar-refractivity contribution in [3.05, 3.63) is 29.3 Å². The van der Waals surface area contributed by atoms with Gasteiger partial charge in [0.2, 0.25) is 0 Å². The topological polar surface area (TPSA) is 77.8 Å². The van der Waals surface area contributed by atoms with Crippen molar-refractivity contribution in [2.45, 2.75) is 31.3 Å². The first-order chi connectivity index (χ1) is 7.51. The quantitative estimate of drug-likeness (QED) is 0.706. The first-order valence-corrected chi connectivity index (χ1v) is 5.28. The van der Waals surface area contributed by atoms with Gasteiger partial charge in [0.05, 0.1) is 6.42 Å². The Bertz CT molecular complexity index is 427. The molecule has 1 aliphatic rings. The van der Waals surface area contributed by atoms with Crippen LogP contribution in [0, 0.1) is 0 Å².